The quantitative estimate of drug-likeness (QED) is 0.412. The molecule has 0 aliphatic heterocycles. The lowest BCUT2D eigenvalue weighted by atomic mass is 9.97. The van der Waals surface area contributed by atoms with Gasteiger partial charge in [0.25, 0.3) is 5.91 Å². The lowest BCUT2D eigenvalue weighted by Gasteiger charge is -2.15. The molecule has 0 radical (unpaired) electrons. The van der Waals surface area contributed by atoms with Crippen LogP contribution in [0.5, 0.6) is 0 Å². The number of rotatable bonds is 7. The number of aromatic nitrogens is 2. The van der Waals surface area contributed by atoms with Gasteiger partial charge in [-0.3, -0.25) is 9.48 Å². The van der Waals surface area contributed by atoms with Crippen LogP contribution in [0.15, 0.2) is 79.0 Å². The van der Waals surface area contributed by atoms with Crippen LogP contribution in [0.1, 0.15) is 40.7 Å². The molecule has 1 N–H and O–H groups in total. The van der Waals surface area contributed by atoms with Gasteiger partial charge in [0.1, 0.15) is 0 Å². The van der Waals surface area contributed by atoms with E-state index in [1.54, 1.807) is 0 Å². The Balaban J connectivity index is 1.47. The number of hydrogen-bond donors (Lipinski definition) is 1. The second-order valence-corrected chi connectivity index (χ2v) is 7.89. The molecule has 4 rings (SSSR count). The Bertz CT molecular complexity index is 1150. The number of fused-ring (bicyclic) bond motifs is 1. The van der Waals surface area contributed by atoms with E-state index in [9.17, 15) is 4.79 Å². The number of nitrogens with one attached hydrogen (secondary N) is 1. The minimum atomic E-state index is -0.123. The fraction of sp³-hybridized carbons (Fsp3) is 0.200. The summed E-state index contributed by atoms with van der Waals surface area (Å²) in [5, 5.41) is 9.36. The van der Waals surface area contributed by atoms with Gasteiger partial charge in [0, 0.05) is 41.2 Å². The molecule has 4 aromatic rings. The van der Waals surface area contributed by atoms with Gasteiger partial charge in [-0.25, -0.2) is 0 Å². The lowest BCUT2D eigenvalue weighted by molar-refractivity contribution is 0.0951. The summed E-state index contributed by atoms with van der Waals surface area (Å²) in [6.45, 7) is 3.44. The molecular formula is C25H24ClN3O. The predicted octanol–water partition coefficient (Wildman–Crippen LogP) is 5.81. The summed E-state index contributed by atoms with van der Waals surface area (Å²) in [5.41, 5.74) is 3.71. The van der Waals surface area contributed by atoms with Crippen molar-refractivity contribution >= 4 is 28.4 Å². The first-order valence-corrected chi connectivity index (χ1v) is 10.5. The maximum Gasteiger partial charge on any atom is 0.251 e. The van der Waals surface area contributed by atoms with Crippen LogP contribution in [0.4, 0.5) is 0 Å². The van der Waals surface area contributed by atoms with Gasteiger partial charge in [-0.1, -0.05) is 67.1 Å². The van der Waals surface area contributed by atoms with Crippen LogP contribution in [-0.4, -0.2) is 15.7 Å². The van der Waals surface area contributed by atoms with E-state index >= 15 is 0 Å². The highest BCUT2D eigenvalue weighted by atomic mass is 35.5. The van der Waals surface area contributed by atoms with Crippen molar-refractivity contribution in [3.05, 3.63) is 101 Å². The first-order valence-electron chi connectivity index (χ1n) is 10.2. The van der Waals surface area contributed by atoms with E-state index in [4.69, 9.17) is 16.7 Å². The van der Waals surface area contributed by atoms with Crippen molar-refractivity contribution in [3.63, 3.8) is 0 Å². The van der Waals surface area contributed by atoms with Crippen molar-refractivity contribution in [2.45, 2.75) is 32.4 Å². The molecule has 0 aliphatic rings. The molecule has 5 heteroatoms. The van der Waals surface area contributed by atoms with Gasteiger partial charge in [0.15, 0.2) is 0 Å². The van der Waals surface area contributed by atoms with Crippen molar-refractivity contribution in [1.29, 1.82) is 0 Å². The smallest absolute Gasteiger partial charge is 0.251 e. The van der Waals surface area contributed by atoms with Gasteiger partial charge in [0.05, 0.1) is 5.52 Å². The number of nitrogens with zero attached hydrogens (tertiary/aromatic N) is 2. The number of benzene rings is 3. The van der Waals surface area contributed by atoms with Crippen molar-refractivity contribution in [2.24, 2.45) is 0 Å². The molecule has 0 aliphatic carbocycles. The largest absolute Gasteiger partial charge is 0.348 e. The standard InChI is InChI=1S/C25H24ClN3O/c1-2-19(20-8-4-3-5-9-20)16-29-17-22-12-11-21(14-24(22)28-29)25(30)27-15-18-7-6-10-23(26)13-18/h3-14,17,19H,2,15-16H2,1H3,(H,27,30). The molecule has 1 atom stereocenters. The first kappa shape index (κ1) is 20.2. The topological polar surface area (TPSA) is 46.9 Å². The summed E-state index contributed by atoms with van der Waals surface area (Å²) in [4.78, 5) is 12.6. The molecule has 152 valence electrons. The summed E-state index contributed by atoms with van der Waals surface area (Å²) < 4.78 is 1.99. The van der Waals surface area contributed by atoms with Crippen LogP contribution in [0, 0.1) is 0 Å². The predicted molar refractivity (Wildman–Crippen MR) is 122 cm³/mol. The average Bonchev–Trinajstić information content (AvgIpc) is 3.18. The Morgan fingerprint density at radius 2 is 1.90 bits per heavy atom. The SMILES string of the molecule is CCC(Cn1cc2ccc(C(=O)NCc3cccc(Cl)c3)cc2n1)c1ccccc1. The molecule has 30 heavy (non-hydrogen) atoms. The van der Waals surface area contributed by atoms with Crippen molar-refractivity contribution in [2.75, 3.05) is 0 Å². The number of carbonyl (C=O) groups is 1. The van der Waals surface area contributed by atoms with Crippen LogP contribution in [0.25, 0.3) is 10.9 Å². The van der Waals surface area contributed by atoms with Gasteiger partial charge >= 0.3 is 0 Å². The van der Waals surface area contributed by atoms with Crippen LogP contribution in [0.3, 0.4) is 0 Å². The maximum absolute atomic E-state index is 12.6. The lowest BCUT2D eigenvalue weighted by Crippen LogP contribution is -2.22. The Labute approximate surface area is 181 Å². The summed E-state index contributed by atoms with van der Waals surface area (Å²) in [7, 11) is 0. The van der Waals surface area contributed by atoms with Crippen molar-refractivity contribution in [1.82, 2.24) is 15.1 Å². The van der Waals surface area contributed by atoms with Crippen molar-refractivity contribution < 1.29 is 4.79 Å². The molecule has 0 spiro atoms. The zero-order valence-corrected chi connectivity index (χ0v) is 17.6. The number of carbonyl (C=O) groups excluding carboxylic acids is 1. The highest BCUT2D eigenvalue weighted by Gasteiger charge is 2.13. The van der Waals surface area contributed by atoms with Crippen LogP contribution < -0.4 is 5.32 Å². The molecule has 0 saturated carbocycles. The molecule has 0 saturated heterocycles. The van der Waals surface area contributed by atoms with Gasteiger partial charge in [-0.15, -0.1) is 0 Å². The van der Waals surface area contributed by atoms with E-state index in [2.05, 4.69) is 42.7 Å². The second kappa shape index (κ2) is 9.14. The minimum absolute atomic E-state index is 0.123. The number of hydrogen-bond acceptors (Lipinski definition) is 2. The molecule has 3 aromatic carbocycles. The highest BCUT2D eigenvalue weighted by Crippen LogP contribution is 2.23. The molecule has 1 amide bonds. The van der Waals surface area contributed by atoms with Gasteiger partial charge in [-0.05, 0) is 41.8 Å². The van der Waals surface area contributed by atoms with E-state index < -0.39 is 0 Å². The Kier molecular flexibility index (Phi) is 6.15. The van der Waals surface area contributed by atoms with E-state index in [1.807, 2.05) is 53.2 Å². The van der Waals surface area contributed by atoms with E-state index in [0.717, 1.165) is 29.4 Å². The third kappa shape index (κ3) is 4.71. The second-order valence-electron chi connectivity index (χ2n) is 7.45. The summed E-state index contributed by atoms with van der Waals surface area (Å²) in [6.07, 6.45) is 3.09. The number of halogens is 1. The van der Waals surface area contributed by atoms with E-state index in [0.29, 0.717) is 23.0 Å². The van der Waals surface area contributed by atoms with Crippen LogP contribution in [0.2, 0.25) is 5.02 Å². The minimum Gasteiger partial charge on any atom is -0.348 e. The molecular weight excluding hydrogens is 394 g/mol. The fourth-order valence-electron chi connectivity index (χ4n) is 3.65. The first-order chi connectivity index (χ1) is 14.6. The Morgan fingerprint density at radius 1 is 1.07 bits per heavy atom. The zero-order valence-electron chi connectivity index (χ0n) is 16.9. The van der Waals surface area contributed by atoms with Gasteiger partial charge < -0.3 is 5.32 Å². The van der Waals surface area contributed by atoms with E-state index in [-0.39, 0.29) is 5.91 Å². The van der Waals surface area contributed by atoms with E-state index in [1.165, 1.54) is 5.56 Å². The summed E-state index contributed by atoms with van der Waals surface area (Å²) in [5.74, 6) is 0.281. The number of amides is 1. The molecule has 1 unspecified atom stereocenters. The molecule has 1 heterocycles. The van der Waals surface area contributed by atoms with Crippen LogP contribution in [-0.2, 0) is 13.1 Å². The van der Waals surface area contributed by atoms with Crippen LogP contribution >= 0.6 is 11.6 Å². The normalized spacial score (nSPS) is 12.1. The molecule has 4 nitrogen and oxygen atoms in total. The van der Waals surface area contributed by atoms with Gasteiger partial charge in [-0.2, -0.15) is 5.10 Å². The summed E-state index contributed by atoms with van der Waals surface area (Å²) in [6, 6.07) is 23.7. The fourth-order valence-corrected chi connectivity index (χ4v) is 3.87. The molecule has 0 fully saturated rings. The zero-order chi connectivity index (χ0) is 20.9. The van der Waals surface area contributed by atoms with Gasteiger partial charge in [0.2, 0.25) is 0 Å². The Hall–Kier alpha value is -3.11. The third-order valence-electron chi connectivity index (χ3n) is 5.33. The Morgan fingerprint density at radius 3 is 2.67 bits per heavy atom. The highest BCUT2D eigenvalue weighted by molar-refractivity contribution is 6.30. The average molecular weight is 418 g/mol. The third-order valence-corrected chi connectivity index (χ3v) is 5.57. The monoisotopic (exact) mass is 417 g/mol. The van der Waals surface area contributed by atoms with Crippen molar-refractivity contribution in [3.8, 4) is 0 Å². The maximum atomic E-state index is 12.6. The summed E-state index contributed by atoms with van der Waals surface area (Å²) >= 11 is 6.01. The molecule has 0 bridgehead atoms. The molecule has 1 aromatic heterocycles.